The maximum atomic E-state index is 11.2. The average Bonchev–Trinajstić information content (AvgIpc) is 2.85. The van der Waals surface area contributed by atoms with Gasteiger partial charge in [-0.05, 0) is 24.1 Å². The van der Waals surface area contributed by atoms with Gasteiger partial charge >= 0.3 is 0 Å². The first-order valence-electron chi connectivity index (χ1n) is 4.15. The van der Waals surface area contributed by atoms with Gasteiger partial charge in [-0.2, -0.15) is 0 Å². The molecule has 5 heteroatoms. The van der Waals surface area contributed by atoms with Crippen LogP contribution >= 0.6 is 0 Å². The standard InChI is InChI=1S/C9H10N2O2S/c1-6-2-3-7(8-5-11-8)4-9(6)14(10,12)13/h2-4H,5H2,1H3,(H2,10,12,13). The monoisotopic (exact) mass is 210 g/mol. The van der Waals surface area contributed by atoms with Gasteiger partial charge in [0, 0.05) is 0 Å². The van der Waals surface area contributed by atoms with Crippen molar-refractivity contribution in [3.8, 4) is 0 Å². The van der Waals surface area contributed by atoms with E-state index in [9.17, 15) is 8.42 Å². The lowest BCUT2D eigenvalue weighted by molar-refractivity contribution is 0.597. The molecule has 0 radical (unpaired) electrons. The quantitative estimate of drug-likeness (QED) is 0.769. The van der Waals surface area contributed by atoms with Crippen LogP contribution in [-0.4, -0.2) is 20.7 Å². The molecule has 0 saturated carbocycles. The molecular weight excluding hydrogens is 200 g/mol. The molecule has 0 aromatic heterocycles. The smallest absolute Gasteiger partial charge is 0.238 e. The van der Waals surface area contributed by atoms with E-state index in [0.717, 1.165) is 11.3 Å². The van der Waals surface area contributed by atoms with E-state index in [1.807, 2.05) is 6.07 Å². The third kappa shape index (κ3) is 1.69. The lowest BCUT2D eigenvalue weighted by Gasteiger charge is -2.03. The van der Waals surface area contributed by atoms with Crippen LogP contribution in [0.15, 0.2) is 28.1 Å². The van der Waals surface area contributed by atoms with Crippen molar-refractivity contribution >= 4 is 15.7 Å². The van der Waals surface area contributed by atoms with E-state index in [4.69, 9.17) is 5.14 Å². The molecule has 0 bridgehead atoms. The van der Waals surface area contributed by atoms with Crippen LogP contribution in [0, 0.1) is 6.92 Å². The maximum absolute atomic E-state index is 11.2. The molecule has 1 heterocycles. The van der Waals surface area contributed by atoms with Crippen LogP contribution in [0.25, 0.3) is 0 Å². The number of hydrogen-bond acceptors (Lipinski definition) is 3. The molecule has 0 amide bonds. The van der Waals surface area contributed by atoms with E-state index >= 15 is 0 Å². The van der Waals surface area contributed by atoms with Crippen LogP contribution in [0.5, 0.6) is 0 Å². The first-order valence-corrected chi connectivity index (χ1v) is 5.70. The SMILES string of the molecule is Cc1ccc(C2=NC2)cc1S(N)(=O)=O. The molecule has 1 aliphatic heterocycles. The molecule has 0 spiro atoms. The second kappa shape index (κ2) is 2.90. The van der Waals surface area contributed by atoms with Crippen molar-refractivity contribution in [1.29, 1.82) is 0 Å². The predicted octanol–water partition coefficient (Wildman–Crippen LogP) is 0.445. The Kier molecular flexibility index (Phi) is 1.94. The summed E-state index contributed by atoms with van der Waals surface area (Å²) in [6, 6.07) is 5.18. The van der Waals surface area contributed by atoms with Gasteiger partial charge in [0.2, 0.25) is 10.0 Å². The Morgan fingerprint density at radius 2 is 2.07 bits per heavy atom. The third-order valence-electron chi connectivity index (χ3n) is 2.14. The van der Waals surface area contributed by atoms with Gasteiger partial charge in [-0.3, -0.25) is 4.99 Å². The Bertz CT molecular complexity index is 518. The second-order valence-electron chi connectivity index (χ2n) is 3.29. The maximum Gasteiger partial charge on any atom is 0.238 e. The number of sulfonamides is 1. The van der Waals surface area contributed by atoms with Crippen molar-refractivity contribution in [1.82, 2.24) is 0 Å². The van der Waals surface area contributed by atoms with Crippen LogP contribution in [0.1, 0.15) is 11.1 Å². The van der Waals surface area contributed by atoms with Crippen molar-refractivity contribution in [2.75, 3.05) is 6.54 Å². The van der Waals surface area contributed by atoms with Gasteiger partial charge in [0.1, 0.15) is 0 Å². The average molecular weight is 210 g/mol. The number of rotatable bonds is 2. The summed E-state index contributed by atoms with van der Waals surface area (Å²) < 4.78 is 22.4. The molecule has 0 atom stereocenters. The summed E-state index contributed by atoms with van der Waals surface area (Å²) in [5.74, 6) is 0. The van der Waals surface area contributed by atoms with E-state index in [0.29, 0.717) is 12.1 Å². The number of hydrogen-bond donors (Lipinski definition) is 1. The minimum absolute atomic E-state index is 0.185. The molecule has 2 rings (SSSR count). The highest BCUT2D eigenvalue weighted by molar-refractivity contribution is 7.89. The van der Waals surface area contributed by atoms with E-state index in [2.05, 4.69) is 4.99 Å². The molecule has 0 unspecified atom stereocenters. The molecule has 1 aromatic carbocycles. The molecule has 1 aliphatic rings. The van der Waals surface area contributed by atoms with Crippen LogP contribution in [-0.2, 0) is 10.0 Å². The fourth-order valence-corrected chi connectivity index (χ4v) is 2.12. The van der Waals surface area contributed by atoms with Crippen LogP contribution in [0.4, 0.5) is 0 Å². The number of nitrogens with two attached hydrogens (primary N) is 1. The lowest BCUT2D eigenvalue weighted by atomic mass is 10.1. The summed E-state index contributed by atoms with van der Waals surface area (Å²) in [7, 11) is -3.62. The van der Waals surface area contributed by atoms with Gasteiger partial charge in [0.25, 0.3) is 0 Å². The molecule has 2 N–H and O–H groups in total. The Labute approximate surface area is 82.5 Å². The Hall–Kier alpha value is -1.20. The number of aliphatic imine (C=N–C) groups is 1. The van der Waals surface area contributed by atoms with Crippen molar-refractivity contribution in [2.45, 2.75) is 11.8 Å². The number of primary sulfonamides is 1. The first-order chi connectivity index (χ1) is 6.48. The lowest BCUT2D eigenvalue weighted by Crippen LogP contribution is -2.14. The normalized spacial score (nSPS) is 15.1. The van der Waals surface area contributed by atoms with E-state index < -0.39 is 10.0 Å². The third-order valence-corrected chi connectivity index (χ3v) is 3.20. The van der Waals surface area contributed by atoms with Crippen molar-refractivity contribution < 1.29 is 8.42 Å². The molecule has 74 valence electrons. The second-order valence-corrected chi connectivity index (χ2v) is 4.82. The molecule has 0 fully saturated rings. The Morgan fingerprint density at radius 3 is 2.57 bits per heavy atom. The van der Waals surface area contributed by atoms with E-state index in [1.54, 1.807) is 19.1 Å². The molecule has 4 nitrogen and oxygen atoms in total. The highest BCUT2D eigenvalue weighted by Gasteiger charge is 2.17. The molecule has 14 heavy (non-hydrogen) atoms. The largest absolute Gasteiger partial charge is 0.281 e. The summed E-state index contributed by atoms with van der Waals surface area (Å²) >= 11 is 0. The van der Waals surface area contributed by atoms with Gasteiger partial charge in [-0.25, -0.2) is 13.6 Å². The van der Waals surface area contributed by atoms with Gasteiger partial charge < -0.3 is 0 Å². The zero-order chi connectivity index (χ0) is 10.3. The van der Waals surface area contributed by atoms with Gasteiger partial charge in [0.05, 0.1) is 17.2 Å². The molecule has 0 saturated heterocycles. The predicted molar refractivity (Wildman–Crippen MR) is 54.0 cm³/mol. The van der Waals surface area contributed by atoms with Crippen molar-refractivity contribution in [3.63, 3.8) is 0 Å². The zero-order valence-electron chi connectivity index (χ0n) is 7.69. The summed E-state index contributed by atoms with van der Waals surface area (Å²) in [5.41, 5.74) is 2.45. The topological polar surface area (TPSA) is 72.5 Å². The molecule has 1 aromatic rings. The van der Waals surface area contributed by atoms with Crippen LogP contribution in [0.3, 0.4) is 0 Å². The van der Waals surface area contributed by atoms with E-state index in [1.165, 1.54) is 0 Å². The van der Waals surface area contributed by atoms with Gasteiger partial charge in [-0.1, -0.05) is 12.1 Å². The zero-order valence-corrected chi connectivity index (χ0v) is 8.50. The molecular formula is C9H10N2O2S. The van der Waals surface area contributed by atoms with Crippen LogP contribution < -0.4 is 5.14 Å². The minimum atomic E-state index is -3.62. The van der Waals surface area contributed by atoms with Gasteiger partial charge in [0.15, 0.2) is 0 Å². The highest BCUT2D eigenvalue weighted by Crippen LogP contribution is 2.19. The van der Waals surface area contributed by atoms with Crippen LogP contribution in [0.2, 0.25) is 0 Å². The van der Waals surface area contributed by atoms with Crippen molar-refractivity contribution in [2.24, 2.45) is 10.1 Å². The summed E-state index contributed by atoms with van der Waals surface area (Å²) in [6.07, 6.45) is 0. The summed E-state index contributed by atoms with van der Waals surface area (Å²) in [6.45, 7) is 2.42. The van der Waals surface area contributed by atoms with Gasteiger partial charge in [-0.15, -0.1) is 0 Å². The fraction of sp³-hybridized carbons (Fsp3) is 0.222. The van der Waals surface area contributed by atoms with E-state index in [-0.39, 0.29) is 4.90 Å². The highest BCUT2D eigenvalue weighted by atomic mass is 32.2. The Balaban J connectivity index is 2.58. The number of aryl methyl sites for hydroxylation is 1. The Morgan fingerprint density at radius 1 is 1.43 bits per heavy atom. The molecule has 0 aliphatic carbocycles. The summed E-state index contributed by atoms with van der Waals surface area (Å²) in [5, 5.41) is 5.08. The first kappa shape index (κ1) is 9.36. The fourth-order valence-electron chi connectivity index (χ4n) is 1.31. The summed E-state index contributed by atoms with van der Waals surface area (Å²) in [4.78, 5) is 4.19. The van der Waals surface area contributed by atoms with Crippen molar-refractivity contribution in [3.05, 3.63) is 29.3 Å². The number of nitrogens with zero attached hydrogens (tertiary/aromatic N) is 1. The number of benzene rings is 1. The minimum Gasteiger partial charge on any atom is -0.281 e.